The molecule has 0 amide bonds. The summed E-state index contributed by atoms with van der Waals surface area (Å²) in [4.78, 5) is 0. The van der Waals surface area contributed by atoms with E-state index in [9.17, 15) is 5.11 Å². The predicted molar refractivity (Wildman–Crippen MR) is 90.4 cm³/mol. The predicted octanol–water partition coefficient (Wildman–Crippen LogP) is 4.77. The summed E-state index contributed by atoms with van der Waals surface area (Å²) >= 11 is 0. The van der Waals surface area contributed by atoms with Crippen LogP contribution in [0.5, 0.6) is 5.75 Å². The number of hydrogen-bond donors (Lipinski definition) is 1. The summed E-state index contributed by atoms with van der Waals surface area (Å²) in [5.74, 6) is 0.318. The lowest BCUT2D eigenvalue weighted by atomic mass is 10.1. The first-order valence-electron chi connectivity index (χ1n) is 7.43. The van der Waals surface area contributed by atoms with Gasteiger partial charge in [-0.2, -0.15) is 0 Å². The minimum Gasteiger partial charge on any atom is -0.508 e. The van der Waals surface area contributed by atoms with Crippen molar-refractivity contribution < 1.29 is 5.11 Å². The average Bonchev–Trinajstić information content (AvgIpc) is 2.46. The third-order valence-corrected chi connectivity index (χ3v) is 7.52. The third-order valence-electron chi connectivity index (χ3n) is 4.02. The van der Waals surface area contributed by atoms with Crippen LogP contribution in [0, 0.1) is 0 Å². The highest BCUT2D eigenvalue weighted by atomic mass is 28.3. The lowest BCUT2D eigenvalue weighted by Crippen LogP contribution is -2.40. The largest absolute Gasteiger partial charge is 0.508 e. The van der Waals surface area contributed by atoms with Gasteiger partial charge in [0, 0.05) is 0 Å². The molecule has 0 aliphatic heterocycles. The Morgan fingerprint density at radius 3 is 1.85 bits per heavy atom. The molecule has 0 heterocycles. The van der Waals surface area contributed by atoms with Crippen molar-refractivity contribution in [2.45, 2.75) is 38.9 Å². The fraction of sp³-hybridized carbons (Fsp3) is 0.333. The summed E-state index contributed by atoms with van der Waals surface area (Å²) in [6, 6.07) is 17.8. The number of hydrogen-bond acceptors (Lipinski definition) is 1. The molecule has 0 saturated heterocycles. The molecule has 0 fully saturated rings. The highest BCUT2D eigenvalue weighted by molar-refractivity contribution is 6.89. The number of unbranched alkanes of at least 4 members (excludes halogenated alkanes) is 1. The molecule has 1 nitrogen and oxygen atoms in total. The van der Waals surface area contributed by atoms with Crippen molar-refractivity contribution in [3.63, 3.8) is 0 Å². The summed E-state index contributed by atoms with van der Waals surface area (Å²) < 4.78 is 0. The van der Waals surface area contributed by atoms with Crippen molar-refractivity contribution in [3.05, 3.63) is 48.5 Å². The van der Waals surface area contributed by atoms with Gasteiger partial charge in [-0.1, -0.05) is 80.5 Å². The van der Waals surface area contributed by atoms with E-state index in [2.05, 4.69) is 44.3 Å². The van der Waals surface area contributed by atoms with E-state index in [1.54, 1.807) is 12.1 Å². The van der Waals surface area contributed by atoms with Crippen LogP contribution in [0.25, 0.3) is 11.1 Å². The third kappa shape index (κ3) is 3.51. The van der Waals surface area contributed by atoms with Gasteiger partial charge >= 0.3 is 0 Å². The van der Waals surface area contributed by atoms with E-state index >= 15 is 0 Å². The Kier molecular flexibility index (Phi) is 4.66. The van der Waals surface area contributed by atoms with Crippen LogP contribution in [0.15, 0.2) is 48.5 Å². The molecule has 0 spiro atoms. The Hall–Kier alpha value is -1.54. The zero-order chi connectivity index (χ0) is 14.6. The summed E-state index contributed by atoms with van der Waals surface area (Å²) in [6.07, 6.45) is 2.61. The van der Waals surface area contributed by atoms with E-state index in [1.165, 1.54) is 29.6 Å². The van der Waals surface area contributed by atoms with Gasteiger partial charge in [-0.3, -0.25) is 0 Å². The van der Waals surface area contributed by atoms with Crippen LogP contribution in [0.3, 0.4) is 0 Å². The molecular weight excluding hydrogens is 260 g/mol. The van der Waals surface area contributed by atoms with Gasteiger partial charge in [-0.05, 0) is 23.3 Å². The SMILES string of the molecule is CCCC[Si](C)(C)c1ccc(-c2ccc(O)cc2)cc1. The highest BCUT2D eigenvalue weighted by Gasteiger charge is 2.22. The van der Waals surface area contributed by atoms with Gasteiger partial charge in [-0.15, -0.1) is 0 Å². The molecule has 0 aromatic heterocycles. The maximum atomic E-state index is 9.34. The molecule has 2 rings (SSSR count). The maximum Gasteiger partial charge on any atom is 0.115 e. The van der Waals surface area contributed by atoms with Crippen molar-refractivity contribution >= 4 is 13.3 Å². The lowest BCUT2D eigenvalue weighted by Gasteiger charge is -2.23. The minimum atomic E-state index is -1.27. The van der Waals surface area contributed by atoms with Crippen LogP contribution in [0.4, 0.5) is 0 Å². The van der Waals surface area contributed by atoms with Crippen molar-refractivity contribution in [2.75, 3.05) is 0 Å². The van der Waals surface area contributed by atoms with Crippen molar-refractivity contribution in [3.8, 4) is 16.9 Å². The number of phenols is 1. The number of phenolic OH excluding ortho intramolecular Hbond substituents is 1. The van der Waals surface area contributed by atoms with Crippen LogP contribution < -0.4 is 5.19 Å². The molecule has 0 saturated carbocycles. The van der Waals surface area contributed by atoms with Crippen molar-refractivity contribution in [1.29, 1.82) is 0 Å². The Morgan fingerprint density at radius 2 is 1.35 bits per heavy atom. The molecule has 0 atom stereocenters. The van der Waals surface area contributed by atoms with E-state index in [1.807, 2.05) is 12.1 Å². The van der Waals surface area contributed by atoms with Crippen LogP contribution in [-0.2, 0) is 0 Å². The zero-order valence-corrected chi connectivity index (χ0v) is 13.7. The van der Waals surface area contributed by atoms with E-state index in [-0.39, 0.29) is 0 Å². The van der Waals surface area contributed by atoms with E-state index in [0.717, 1.165) is 5.56 Å². The Balaban J connectivity index is 2.19. The summed E-state index contributed by atoms with van der Waals surface area (Å²) in [7, 11) is -1.27. The van der Waals surface area contributed by atoms with E-state index < -0.39 is 8.07 Å². The monoisotopic (exact) mass is 284 g/mol. The quantitative estimate of drug-likeness (QED) is 0.784. The normalized spacial score (nSPS) is 11.6. The summed E-state index contributed by atoms with van der Waals surface area (Å²) in [5.41, 5.74) is 2.37. The number of aromatic hydroxyl groups is 1. The lowest BCUT2D eigenvalue weighted by molar-refractivity contribution is 0.475. The van der Waals surface area contributed by atoms with Gasteiger partial charge < -0.3 is 5.11 Å². The molecular formula is C18H24OSi. The molecule has 0 unspecified atom stereocenters. The Labute approximate surface area is 123 Å². The van der Waals surface area contributed by atoms with E-state index in [4.69, 9.17) is 0 Å². The molecule has 1 N–H and O–H groups in total. The van der Waals surface area contributed by atoms with Gasteiger partial charge in [0.25, 0.3) is 0 Å². The second kappa shape index (κ2) is 6.27. The van der Waals surface area contributed by atoms with Gasteiger partial charge in [0.1, 0.15) is 5.75 Å². The second-order valence-electron chi connectivity index (χ2n) is 6.11. The van der Waals surface area contributed by atoms with Gasteiger partial charge in [0.05, 0.1) is 8.07 Å². The van der Waals surface area contributed by atoms with Crippen LogP contribution in [0.1, 0.15) is 19.8 Å². The smallest absolute Gasteiger partial charge is 0.115 e. The fourth-order valence-electron chi connectivity index (χ4n) is 2.53. The Bertz CT molecular complexity index is 541. The van der Waals surface area contributed by atoms with Crippen LogP contribution >= 0.6 is 0 Å². The molecule has 0 radical (unpaired) electrons. The fourth-order valence-corrected chi connectivity index (χ4v) is 5.13. The van der Waals surface area contributed by atoms with Crippen LogP contribution in [-0.4, -0.2) is 13.2 Å². The van der Waals surface area contributed by atoms with Crippen molar-refractivity contribution in [1.82, 2.24) is 0 Å². The molecule has 0 aliphatic carbocycles. The Morgan fingerprint density at radius 1 is 0.850 bits per heavy atom. The van der Waals surface area contributed by atoms with Crippen LogP contribution in [0.2, 0.25) is 19.1 Å². The number of benzene rings is 2. The number of rotatable bonds is 5. The van der Waals surface area contributed by atoms with Gasteiger partial charge in [0.2, 0.25) is 0 Å². The topological polar surface area (TPSA) is 20.2 Å². The van der Waals surface area contributed by atoms with Gasteiger partial charge in [-0.25, -0.2) is 0 Å². The molecule has 2 heteroatoms. The molecule has 2 aromatic rings. The molecule has 2 aromatic carbocycles. The van der Waals surface area contributed by atoms with Crippen molar-refractivity contribution in [2.24, 2.45) is 0 Å². The minimum absolute atomic E-state index is 0.318. The molecule has 106 valence electrons. The highest BCUT2D eigenvalue weighted by Crippen LogP contribution is 2.22. The first-order chi connectivity index (χ1) is 9.53. The molecule has 0 aliphatic rings. The molecule has 20 heavy (non-hydrogen) atoms. The van der Waals surface area contributed by atoms with E-state index in [0.29, 0.717) is 5.75 Å². The standard InChI is InChI=1S/C18H24OSi/c1-4-5-14-20(2,3)18-12-8-16(9-13-18)15-6-10-17(19)11-7-15/h6-13,19H,4-5,14H2,1-3H3. The van der Waals surface area contributed by atoms with Gasteiger partial charge in [0.15, 0.2) is 0 Å². The first-order valence-corrected chi connectivity index (χ1v) is 10.6. The maximum absolute atomic E-state index is 9.34. The average molecular weight is 284 g/mol. The summed E-state index contributed by atoms with van der Waals surface area (Å²) in [5, 5.41) is 10.9. The zero-order valence-electron chi connectivity index (χ0n) is 12.7. The summed E-state index contributed by atoms with van der Waals surface area (Å²) in [6.45, 7) is 7.18. The molecule has 0 bridgehead atoms. The second-order valence-corrected chi connectivity index (χ2v) is 11.0. The first kappa shape index (κ1) is 14.9.